The Balaban J connectivity index is 1.51. The van der Waals surface area contributed by atoms with E-state index in [1.54, 1.807) is 0 Å². The van der Waals surface area contributed by atoms with Gasteiger partial charge in [-0.2, -0.15) is 0 Å². The predicted octanol–water partition coefficient (Wildman–Crippen LogP) is 0.638. The summed E-state index contributed by atoms with van der Waals surface area (Å²) in [6.45, 7) is 3.89. The van der Waals surface area contributed by atoms with Crippen LogP contribution < -0.4 is 16.6 Å². The third kappa shape index (κ3) is 4.86. The summed E-state index contributed by atoms with van der Waals surface area (Å²) in [5, 5.41) is 0. The van der Waals surface area contributed by atoms with Crippen LogP contribution in [0.25, 0.3) is 0 Å². The number of carbonyl (C=O) groups excluding carboxylic acids is 2. The van der Waals surface area contributed by atoms with E-state index in [9.17, 15) is 9.59 Å². The second-order valence-corrected chi connectivity index (χ2v) is 7.80. The number of rotatable bonds is 6. The van der Waals surface area contributed by atoms with Gasteiger partial charge in [-0.3, -0.25) is 19.9 Å². The molecule has 0 saturated carbocycles. The number of nitrogens with two attached hydrogens (primary N) is 1. The van der Waals surface area contributed by atoms with Crippen LogP contribution in [0.15, 0.2) is 30.3 Å². The molecule has 0 aromatic heterocycles. The zero-order chi connectivity index (χ0) is 19.4. The molecule has 3 unspecified atom stereocenters. The van der Waals surface area contributed by atoms with Gasteiger partial charge in [-0.05, 0) is 44.8 Å². The fourth-order valence-electron chi connectivity index (χ4n) is 4.12. The van der Waals surface area contributed by atoms with E-state index >= 15 is 0 Å². The normalized spacial score (nSPS) is 25.3. The van der Waals surface area contributed by atoms with Crippen molar-refractivity contribution in [2.75, 3.05) is 26.7 Å². The van der Waals surface area contributed by atoms with Crippen molar-refractivity contribution >= 4 is 11.8 Å². The van der Waals surface area contributed by atoms with Gasteiger partial charge in [0.2, 0.25) is 11.8 Å². The van der Waals surface area contributed by atoms with Crippen LogP contribution in [0.3, 0.4) is 0 Å². The summed E-state index contributed by atoms with van der Waals surface area (Å²) in [7, 11) is 1.90. The summed E-state index contributed by atoms with van der Waals surface area (Å²) in [5.74, 6) is -0.0784. The molecule has 3 atom stereocenters. The summed E-state index contributed by atoms with van der Waals surface area (Å²) in [6.07, 6.45) is 2.51. The molecule has 1 aromatic rings. The molecule has 148 valence electrons. The molecule has 1 aromatic carbocycles. The molecule has 0 bridgehead atoms. The van der Waals surface area contributed by atoms with Crippen molar-refractivity contribution in [1.29, 1.82) is 0 Å². The van der Waals surface area contributed by atoms with E-state index in [1.807, 2.05) is 35.0 Å². The molecule has 7 nitrogen and oxygen atoms in total. The summed E-state index contributed by atoms with van der Waals surface area (Å²) < 4.78 is 0. The Morgan fingerprint density at radius 2 is 1.89 bits per heavy atom. The Labute approximate surface area is 161 Å². The lowest BCUT2D eigenvalue weighted by Gasteiger charge is -2.36. The molecule has 4 N–H and O–H groups in total. The minimum absolute atomic E-state index is 0.0286. The van der Waals surface area contributed by atoms with Crippen LogP contribution in [-0.4, -0.2) is 60.4 Å². The van der Waals surface area contributed by atoms with Gasteiger partial charge in [0.15, 0.2) is 0 Å². The second-order valence-electron chi connectivity index (χ2n) is 7.80. The highest BCUT2D eigenvalue weighted by Gasteiger charge is 2.35. The van der Waals surface area contributed by atoms with E-state index in [0.717, 1.165) is 32.4 Å². The Morgan fingerprint density at radius 1 is 1.22 bits per heavy atom. The Kier molecular flexibility index (Phi) is 6.46. The number of nitrogens with one attached hydrogen (secondary N) is 2. The molecule has 2 fully saturated rings. The largest absolute Gasteiger partial charge is 0.369 e. The molecule has 27 heavy (non-hydrogen) atoms. The van der Waals surface area contributed by atoms with E-state index in [-0.39, 0.29) is 42.4 Å². The fourth-order valence-corrected chi connectivity index (χ4v) is 4.12. The molecular formula is C20H31N5O2. The molecule has 3 rings (SSSR count). The number of amides is 2. The van der Waals surface area contributed by atoms with Gasteiger partial charge in [0, 0.05) is 31.1 Å². The minimum Gasteiger partial charge on any atom is -0.369 e. The topological polar surface area (TPSA) is 90.7 Å². The van der Waals surface area contributed by atoms with Gasteiger partial charge in [-0.1, -0.05) is 30.3 Å². The number of primary amides is 1. The highest BCUT2D eigenvalue weighted by Crippen LogP contribution is 2.26. The highest BCUT2D eigenvalue weighted by molar-refractivity contribution is 5.79. The van der Waals surface area contributed by atoms with Gasteiger partial charge in [-0.15, -0.1) is 0 Å². The van der Waals surface area contributed by atoms with Crippen molar-refractivity contribution in [3.05, 3.63) is 35.9 Å². The van der Waals surface area contributed by atoms with E-state index < -0.39 is 0 Å². The van der Waals surface area contributed by atoms with Crippen molar-refractivity contribution in [3.63, 3.8) is 0 Å². The van der Waals surface area contributed by atoms with Crippen molar-refractivity contribution in [1.82, 2.24) is 20.7 Å². The van der Waals surface area contributed by atoms with Gasteiger partial charge >= 0.3 is 0 Å². The lowest BCUT2D eigenvalue weighted by molar-refractivity contribution is -0.138. The lowest BCUT2D eigenvalue weighted by Crippen LogP contribution is -2.51. The zero-order valence-corrected chi connectivity index (χ0v) is 16.2. The number of hydrazine groups is 1. The van der Waals surface area contributed by atoms with Crippen LogP contribution in [0, 0.1) is 5.92 Å². The number of likely N-dealkylation sites (N-methyl/N-ethyl adjacent to an activating group) is 1. The first kappa shape index (κ1) is 19.8. The SMILES string of the molecule is CC(C1CC(c2ccccc2)NN1)N(C)C(=O)C1CCN(CC(N)=O)CC1. The van der Waals surface area contributed by atoms with Crippen LogP contribution in [0.2, 0.25) is 0 Å². The maximum absolute atomic E-state index is 12.9. The minimum atomic E-state index is -0.307. The monoisotopic (exact) mass is 373 g/mol. The quantitative estimate of drug-likeness (QED) is 0.681. The van der Waals surface area contributed by atoms with Gasteiger partial charge in [-0.25, -0.2) is 5.43 Å². The first-order valence-corrected chi connectivity index (χ1v) is 9.79. The average Bonchev–Trinajstić information content (AvgIpc) is 3.17. The van der Waals surface area contributed by atoms with Crippen LogP contribution in [-0.2, 0) is 9.59 Å². The van der Waals surface area contributed by atoms with E-state index in [0.29, 0.717) is 0 Å². The smallest absolute Gasteiger partial charge is 0.231 e. The molecule has 2 amide bonds. The maximum Gasteiger partial charge on any atom is 0.231 e. The number of hydrogen-bond donors (Lipinski definition) is 3. The van der Waals surface area contributed by atoms with Gasteiger partial charge in [0.05, 0.1) is 6.54 Å². The number of piperidine rings is 1. The van der Waals surface area contributed by atoms with Crippen molar-refractivity contribution < 1.29 is 9.59 Å². The second kappa shape index (κ2) is 8.82. The number of carbonyl (C=O) groups is 2. The molecule has 2 aliphatic heterocycles. The van der Waals surface area contributed by atoms with Crippen LogP contribution >= 0.6 is 0 Å². The van der Waals surface area contributed by atoms with E-state index in [1.165, 1.54) is 5.56 Å². The Morgan fingerprint density at radius 3 is 2.52 bits per heavy atom. The van der Waals surface area contributed by atoms with Crippen molar-refractivity contribution in [2.24, 2.45) is 11.7 Å². The molecule has 7 heteroatoms. The fraction of sp³-hybridized carbons (Fsp3) is 0.600. The number of nitrogens with zero attached hydrogens (tertiary/aromatic N) is 2. The Hall–Kier alpha value is -1.96. The van der Waals surface area contributed by atoms with Gasteiger partial charge in [0.1, 0.15) is 0 Å². The van der Waals surface area contributed by atoms with Crippen LogP contribution in [0.1, 0.15) is 37.8 Å². The molecule has 2 heterocycles. The number of benzene rings is 1. The van der Waals surface area contributed by atoms with Crippen LogP contribution in [0.4, 0.5) is 0 Å². The summed E-state index contributed by atoms with van der Waals surface area (Å²) >= 11 is 0. The average molecular weight is 374 g/mol. The molecule has 0 aliphatic carbocycles. The first-order chi connectivity index (χ1) is 13.0. The molecular weight excluding hydrogens is 342 g/mol. The van der Waals surface area contributed by atoms with Gasteiger partial charge in [0.25, 0.3) is 0 Å². The Bertz CT molecular complexity index is 645. The predicted molar refractivity (Wildman–Crippen MR) is 104 cm³/mol. The lowest BCUT2D eigenvalue weighted by atomic mass is 9.93. The summed E-state index contributed by atoms with van der Waals surface area (Å²) in [5.41, 5.74) is 13.3. The third-order valence-electron chi connectivity index (χ3n) is 5.99. The van der Waals surface area contributed by atoms with Gasteiger partial charge < -0.3 is 10.6 Å². The van der Waals surface area contributed by atoms with Crippen LogP contribution in [0.5, 0.6) is 0 Å². The maximum atomic E-state index is 12.9. The molecule has 2 aliphatic rings. The third-order valence-corrected chi connectivity index (χ3v) is 5.99. The first-order valence-electron chi connectivity index (χ1n) is 9.79. The summed E-state index contributed by atoms with van der Waals surface area (Å²) in [4.78, 5) is 27.9. The molecule has 0 radical (unpaired) electrons. The zero-order valence-electron chi connectivity index (χ0n) is 16.2. The highest BCUT2D eigenvalue weighted by atomic mass is 16.2. The number of hydrogen-bond acceptors (Lipinski definition) is 5. The van der Waals surface area contributed by atoms with Crippen molar-refractivity contribution in [2.45, 2.75) is 44.3 Å². The van der Waals surface area contributed by atoms with E-state index in [4.69, 9.17) is 5.73 Å². The molecule has 2 saturated heterocycles. The molecule has 0 spiro atoms. The van der Waals surface area contributed by atoms with E-state index in [2.05, 4.69) is 29.9 Å². The standard InChI is InChI=1S/C20H31N5O2/c1-14(17-12-18(23-22-17)15-6-4-3-5-7-15)24(2)20(27)16-8-10-25(11-9-16)13-19(21)26/h3-7,14,16-18,22-23H,8-13H2,1-2H3,(H2,21,26). The van der Waals surface area contributed by atoms with Crippen molar-refractivity contribution in [3.8, 4) is 0 Å². The number of likely N-dealkylation sites (tertiary alicyclic amines) is 1. The summed E-state index contributed by atoms with van der Waals surface area (Å²) in [6, 6.07) is 10.9.